The van der Waals surface area contributed by atoms with Crippen molar-refractivity contribution < 1.29 is 0 Å². The number of benzene rings is 4. The Balaban J connectivity index is 1.85. The Kier molecular flexibility index (Phi) is 9.78. The molecule has 192 valence electrons. The number of hydrogen-bond acceptors (Lipinski definition) is 0. The van der Waals surface area contributed by atoms with Crippen LogP contribution in [-0.2, 0) is 12.8 Å². The minimum Gasteiger partial charge on any atom is -0.103 e. The third-order valence-electron chi connectivity index (χ3n) is 6.72. The lowest BCUT2D eigenvalue weighted by atomic mass is 9.90. The second-order valence-corrected chi connectivity index (χ2v) is 9.93. The van der Waals surface area contributed by atoms with E-state index >= 15 is 0 Å². The van der Waals surface area contributed by atoms with Gasteiger partial charge in [0.2, 0.25) is 0 Å². The zero-order chi connectivity index (χ0) is 27.5. The van der Waals surface area contributed by atoms with Gasteiger partial charge >= 0.3 is 0 Å². The van der Waals surface area contributed by atoms with E-state index in [0.717, 1.165) is 59.1 Å². The van der Waals surface area contributed by atoms with Crippen LogP contribution in [0.5, 0.6) is 0 Å². The Morgan fingerprint density at radius 1 is 0.590 bits per heavy atom. The van der Waals surface area contributed by atoms with E-state index in [1.54, 1.807) is 0 Å². The van der Waals surface area contributed by atoms with Gasteiger partial charge in [0.1, 0.15) is 0 Å². The van der Waals surface area contributed by atoms with Gasteiger partial charge in [0.15, 0.2) is 0 Å². The van der Waals surface area contributed by atoms with Crippen LogP contribution in [0.1, 0.15) is 64.3 Å². The second kappa shape index (κ2) is 13.9. The standard InChI is InChI=1S/C39H36/c1-5-7-9-11-35-23-27-37(25-21-33-18-14-31(4)15-19-33)39(29-35)38-28-34(10-8-6-2)22-26-36(38)24-20-32-16-12-30(3)13-17-32/h5-7,12-19,22-23,26-29H,2,8-11H2,1,3-4H3/b7-5+. The molecule has 39 heavy (non-hydrogen) atoms. The predicted molar refractivity (Wildman–Crippen MR) is 168 cm³/mol. The fraction of sp³-hybridized carbons (Fsp3) is 0.179. The van der Waals surface area contributed by atoms with E-state index in [4.69, 9.17) is 0 Å². The maximum atomic E-state index is 3.92. The summed E-state index contributed by atoms with van der Waals surface area (Å²) in [5, 5.41) is 0. The van der Waals surface area contributed by atoms with E-state index in [0.29, 0.717) is 0 Å². The monoisotopic (exact) mass is 504 g/mol. The molecule has 4 aromatic carbocycles. The first kappa shape index (κ1) is 27.5. The highest BCUT2D eigenvalue weighted by Crippen LogP contribution is 2.30. The molecular formula is C39H36. The average molecular weight is 505 g/mol. The predicted octanol–water partition coefficient (Wildman–Crippen LogP) is 9.40. The van der Waals surface area contributed by atoms with E-state index in [1.165, 1.54) is 22.3 Å². The van der Waals surface area contributed by atoms with Crippen LogP contribution in [0.25, 0.3) is 11.1 Å². The summed E-state index contributed by atoms with van der Waals surface area (Å²) in [7, 11) is 0. The van der Waals surface area contributed by atoms with Crippen molar-refractivity contribution in [3.8, 4) is 34.8 Å². The SMILES string of the molecule is C=CCCc1ccc(C#Cc2ccc(C)cc2)c(-c2cc(CC/C=C/C)ccc2C#Cc2ccc(C)cc2)c1. The summed E-state index contributed by atoms with van der Waals surface area (Å²) in [5.41, 5.74) is 11.4. The highest BCUT2D eigenvalue weighted by Gasteiger charge is 2.11. The zero-order valence-electron chi connectivity index (χ0n) is 23.4. The Morgan fingerprint density at radius 2 is 1.05 bits per heavy atom. The van der Waals surface area contributed by atoms with E-state index in [1.807, 2.05) is 6.08 Å². The second-order valence-electron chi connectivity index (χ2n) is 9.93. The van der Waals surface area contributed by atoms with Crippen LogP contribution in [-0.4, -0.2) is 0 Å². The normalized spacial score (nSPS) is 10.4. The molecule has 0 aromatic heterocycles. The molecule has 0 aliphatic heterocycles. The van der Waals surface area contributed by atoms with Crippen LogP contribution >= 0.6 is 0 Å². The molecule has 0 saturated carbocycles. The summed E-state index contributed by atoms with van der Waals surface area (Å²) in [6, 6.07) is 30.1. The van der Waals surface area contributed by atoms with Crippen molar-refractivity contribution in [2.45, 2.75) is 46.5 Å². The molecule has 0 aliphatic rings. The summed E-state index contributed by atoms with van der Waals surface area (Å²) in [5.74, 6) is 13.7. The fourth-order valence-corrected chi connectivity index (χ4v) is 4.40. The molecular weight excluding hydrogens is 468 g/mol. The molecule has 0 nitrogen and oxygen atoms in total. The number of aryl methyl sites for hydroxylation is 4. The number of allylic oxidation sites excluding steroid dienone is 3. The largest absolute Gasteiger partial charge is 0.103 e. The van der Waals surface area contributed by atoms with Crippen LogP contribution in [0.4, 0.5) is 0 Å². The van der Waals surface area contributed by atoms with Crippen molar-refractivity contribution in [3.05, 3.63) is 154 Å². The van der Waals surface area contributed by atoms with Crippen LogP contribution in [0.15, 0.2) is 110 Å². The van der Waals surface area contributed by atoms with Gasteiger partial charge in [-0.25, -0.2) is 0 Å². The van der Waals surface area contributed by atoms with E-state index in [-0.39, 0.29) is 0 Å². The van der Waals surface area contributed by atoms with E-state index < -0.39 is 0 Å². The Morgan fingerprint density at radius 3 is 1.49 bits per heavy atom. The van der Waals surface area contributed by atoms with Gasteiger partial charge in [0, 0.05) is 22.3 Å². The quantitative estimate of drug-likeness (QED) is 0.174. The van der Waals surface area contributed by atoms with Gasteiger partial charge in [-0.15, -0.1) is 6.58 Å². The summed E-state index contributed by atoms with van der Waals surface area (Å²) in [6.45, 7) is 10.2. The van der Waals surface area contributed by atoms with Crippen molar-refractivity contribution in [1.29, 1.82) is 0 Å². The zero-order valence-corrected chi connectivity index (χ0v) is 23.4. The molecule has 0 spiro atoms. The Hall–Kier alpha value is -4.52. The first-order valence-electron chi connectivity index (χ1n) is 13.7. The molecule has 0 fully saturated rings. The fourth-order valence-electron chi connectivity index (χ4n) is 4.40. The molecule has 0 amide bonds. The average Bonchev–Trinajstić information content (AvgIpc) is 2.96. The van der Waals surface area contributed by atoms with Crippen LogP contribution < -0.4 is 0 Å². The van der Waals surface area contributed by atoms with Crippen molar-refractivity contribution in [2.75, 3.05) is 0 Å². The van der Waals surface area contributed by atoms with Gasteiger partial charge in [-0.2, -0.15) is 0 Å². The molecule has 0 atom stereocenters. The lowest BCUT2D eigenvalue weighted by Gasteiger charge is -2.13. The molecule has 0 saturated heterocycles. The minimum atomic E-state index is 0.942. The lowest BCUT2D eigenvalue weighted by molar-refractivity contribution is 0.998. The first-order valence-corrected chi connectivity index (χ1v) is 13.7. The maximum absolute atomic E-state index is 3.92. The smallest absolute Gasteiger partial charge is 0.0328 e. The van der Waals surface area contributed by atoms with Gasteiger partial charge in [-0.3, -0.25) is 0 Å². The van der Waals surface area contributed by atoms with Crippen molar-refractivity contribution >= 4 is 0 Å². The van der Waals surface area contributed by atoms with E-state index in [9.17, 15) is 0 Å². The molecule has 0 N–H and O–H groups in total. The number of hydrogen-bond donors (Lipinski definition) is 0. The Labute approximate surface area is 235 Å². The molecule has 0 bridgehead atoms. The van der Waals surface area contributed by atoms with Gasteiger partial charge < -0.3 is 0 Å². The maximum Gasteiger partial charge on any atom is 0.0328 e. The molecule has 0 radical (unpaired) electrons. The number of rotatable bonds is 7. The van der Waals surface area contributed by atoms with Crippen molar-refractivity contribution in [3.63, 3.8) is 0 Å². The van der Waals surface area contributed by atoms with E-state index in [2.05, 4.69) is 148 Å². The summed E-state index contributed by atoms with van der Waals surface area (Å²) in [6.07, 6.45) is 10.2. The van der Waals surface area contributed by atoms with Gasteiger partial charge in [-0.05, 0) is 117 Å². The lowest BCUT2D eigenvalue weighted by Crippen LogP contribution is -1.95. The molecule has 0 unspecified atom stereocenters. The molecule has 0 aliphatic carbocycles. The summed E-state index contributed by atoms with van der Waals surface area (Å²) in [4.78, 5) is 0. The highest BCUT2D eigenvalue weighted by atomic mass is 14.1. The summed E-state index contributed by atoms with van der Waals surface area (Å²) >= 11 is 0. The van der Waals surface area contributed by atoms with Crippen molar-refractivity contribution in [1.82, 2.24) is 0 Å². The Bertz CT molecular complexity index is 1570. The van der Waals surface area contributed by atoms with Crippen molar-refractivity contribution in [2.24, 2.45) is 0 Å². The molecule has 4 rings (SSSR count). The highest BCUT2D eigenvalue weighted by molar-refractivity contribution is 5.78. The molecule has 0 heteroatoms. The van der Waals surface area contributed by atoms with Gasteiger partial charge in [0.05, 0.1) is 0 Å². The molecule has 4 aromatic rings. The van der Waals surface area contributed by atoms with Crippen LogP contribution in [0.2, 0.25) is 0 Å². The summed E-state index contributed by atoms with van der Waals surface area (Å²) < 4.78 is 0. The third-order valence-corrected chi connectivity index (χ3v) is 6.72. The van der Waals surface area contributed by atoms with Gasteiger partial charge in [-0.1, -0.05) is 89.4 Å². The van der Waals surface area contributed by atoms with Gasteiger partial charge in [0.25, 0.3) is 0 Å². The molecule has 0 heterocycles. The third kappa shape index (κ3) is 7.98. The van der Waals surface area contributed by atoms with Crippen LogP contribution in [0, 0.1) is 37.5 Å². The first-order chi connectivity index (χ1) is 19.1. The minimum absolute atomic E-state index is 0.942. The topological polar surface area (TPSA) is 0 Å². The van der Waals surface area contributed by atoms with Crippen LogP contribution in [0.3, 0.4) is 0 Å².